The Balaban J connectivity index is 1.76. The fourth-order valence-corrected chi connectivity index (χ4v) is 4.92. The van der Waals surface area contributed by atoms with Crippen LogP contribution < -0.4 is 4.90 Å². The number of aromatic nitrogens is 4. The highest BCUT2D eigenvalue weighted by molar-refractivity contribution is 7.19. The molecule has 1 atom stereocenters. The molecule has 2 aliphatic rings. The highest BCUT2D eigenvalue weighted by atomic mass is 32.1. The Kier molecular flexibility index (Phi) is 3.06. The van der Waals surface area contributed by atoms with E-state index in [4.69, 9.17) is 9.72 Å². The predicted molar refractivity (Wildman–Crippen MR) is 90.4 cm³/mol. The van der Waals surface area contributed by atoms with Crippen LogP contribution in [-0.4, -0.2) is 45.9 Å². The Morgan fingerprint density at radius 2 is 2.17 bits per heavy atom. The molecule has 23 heavy (non-hydrogen) atoms. The standard InChI is InChI=1S/C16H19N5OS/c1-10-2-3-12-11(8-10)13-14-17-9-18-21(14)16(19-15(13)23-12)20-4-6-22-7-5-20/h9-10H,2-8H2,1H3. The van der Waals surface area contributed by atoms with Gasteiger partial charge in [0.15, 0.2) is 5.65 Å². The second kappa shape index (κ2) is 5.14. The first-order valence-electron chi connectivity index (χ1n) is 8.28. The van der Waals surface area contributed by atoms with E-state index in [1.807, 2.05) is 15.9 Å². The van der Waals surface area contributed by atoms with Crippen LogP contribution in [-0.2, 0) is 17.6 Å². The number of rotatable bonds is 1. The van der Waals surface area contributed by atoms with E-state index in [2.05, 4.69) is 21.9 Å². The summed E-state index contributed by atoms with van der Waals surface area (Å²) in [4.78, 5) is 14.4. The van der Waals surface area contributed by atoms with Crippen LogP contribution >= 0.6 is 11.3 Å². The molecular weight excluding hydrogens is 310 g/mol. The Labute approximate surface area is 138 Å². The average molecular weight is 329 g/mol. The van der Waals surface area contributed by atoms with E-state index in [1.165, 1.54) is 28.7 Å². The number of hydrogen-bond donors (Lipinski definition) is 0. The normalized spacial score (nSPS) is 22.0. The maximum atomic E-state index is 5.47. The van der Waals surface area contributed by atoms with E-state index in [1.54, 1.807) is 6.33 Å². The highest BCUT2D eigenvalue weighted by Gasteiger charge is 2.26. The van der Waals surface area contributed by atoms with Gasteiger partial charge in [0.2, 0.25) is 5.95 Å². The summed E-state index contributed by atoms with van der Waals surface area (Å²) in [6, 6.07) is 0. The summed E-state index contributed by atoms with van der Waals surface area (Å²) >= 11 is 1.85. The van der Waals surface area contributed by atoms with Crippen LogP contribution in [0.4, 0.5) is 5.95 Å². The molecule has 0 spiro atoms. The van der Waals surface area contributed by atoms with E-state index in [0.29, 0.717) is 0 Å². The van der Waals surface area contributed by atoms with Gasteiger partial charge in [0.25, 0.3) is 0 Å². The predicted octanol–water partition coefficient (Wildman–Crippen LogP) is 2.30. The summed E-state index contributed by atoms with van der Waals surface area (Å²) in [6.45, 7) is 5.54. The van der Waals surface area contributed by atoms with Crippen molar-refractivity contribution < 1.29 is 4.74 Å². The quantitative estimate of drug-likeness (QED) is 0.686. The molecule has 7 heteroatoms. The molecule has 0 saturated carbocycles. The van der Waals surface area contributed by atoms with E-state index >= 15 is 0 Å². The van der Waals surface area contributed by atoms with Crippen LogP contribution in [0.3, 0.4) is 0 Å². The summed E-state index contributed by atoms with van der Waals surface area (Å²) in [5.74, 6) is 1.64. The van der Waals surface area contributed by atoms with E-state index < -0.39 is 0 Å². The smallest absolute Gasteiger partial charge is 0.230 e. The summed E-state index contributed by atoms with van der Waals surface area (Å²) in [5.41, 5.74) is 2.42. The Morgan fingerprint density at radius 3 is 3.04 bits per heavy atom. The number of fused-ring (bicyclic) bond motifs is 5. The summed E-state index contributed by atoms with van der Waals surface area (Å²) in [5, 5.41) is 5.68. The minimum atomic E-state index is 0.738. The molecule has 1 aliphatic carbocycles. The maximum absolute atomic E-state index is 5.47. The van der Waals surface area contributed by atoms with Crippen molar-refractivity contribution in [2.45, 2.75) is 26.2 Å². The van der Waals surface area contributed by atoms with Crippen LogP contribution in [0, 0.1) is 5.92 Å². The van der Waals surface area contributed by atoms with Gasteiger partial charge in [-0.3, -0.25) is 0 Å². The lowest BCUT2D eigenvalue weighted by atomic mass is 9.89. The number of ether oxygens (including phenoxy) is 1. The number of hydrogen-bond acceptors (Lipinski definition) is 6. The maximum Gasteiger partial charge on any atom is 0.230 e. The van der Waals surface area contributed by atoms with E-state index in [0.717, 1.165) is 55.1 Å². The van der Waals surface area contributed by atoms with Gasteiger partial charge < -0.3 is 9.64 Å². The molecule has 0 radical (unpaired) electrons. The van der Waals surface area contributed by atoms with Gasteiger partial charge in [0, 0.05) is 18.0 Å². The second-order valence-electron chi connectivity index (χ2n) is 6.54. The summed E-state index contributed by atoms with van der Waals surface area (Å²) in [6.07, 6.45) is 5.23. The Hall–Kier alpha value is -1.73. The topological polar surface area (TPSA) is 55.6 Å². The molecule has 0 bridgehead atoms. The minimum Gasteiger partial charge on any atom is -0.378 e. The number of aryl methyl sites for hydroxylation is 1. The summed E-state index contributed by atoms with van der Waals surface area (Å²) < 4.78 is 7.38. The van der Waals surface area contributed by atoms with Gasteiger partial charge in [0.1, 0.15) is 11.2 Å². The van der Waals surface area contributed by atoms with Crippen molar-refractivity contribution in [3.8, 4) is 0 Å². The van der Waals surface area contributed by atoms with Crippen LogP contribution in [0.1, 0.15) is 23.8 Å². The third-order valence-corrected chi connectivity index (χ3v) is 6.13. The van der Waals surface area contributed by atoms with E-state index in [9.17, 15) is 0 Å². The lowest BCUT2D eigenvalue weighted by Crippen LogP contribution is -2.38. The molecule has 6 nitrogen and oxygen atoms in total. The number of nitrogens with zero attached hydrogens (tertiary/aromatic N) is 5. The monoisotopic (exact) mass is 329 g/mol. The van der Waals surface area contributed by atoms with Gasteiger partial charge in [-0.05, 0) is 30.7 Å². The SMILES string of the molecule is CC1CCc2sc3nc(N4CCOCC4)n4ncnc4c3c2C1. The van der Waals surface area contributed by atoms with Crippen molar-refractivity contribution in [3.63, 3.8) is 0 Å². The molecule has 0 amide bonds. The number of thiophene rings is 1. The number of morpholine rings is 1. The molecule has 1 saturated heterocycles. The van der Waals surface area contributed by atoms with Crippen LogP contribution in [0.2, 0.25) is 0 Å². The minimum absolute atomic E-state index is 0.738. The van der Waals surface area contributed by atoms with Gasteiger partial charge in [-0.2, -0.15) is 9.61 Å². The zero-order chi connectivity index (χ0) is 15.4. The first-order chi connectivity index (χ1) is 11.3. The van der Waals surface area contributed by atoms with E-state index in [-0.39, 0.29) is 0 Å². The molecule has 1 fully saturated rings. The molecule has 0 N–H and O–H groups in total. The van der Waals surface area contributed by atoms with Crippen molar-refractivity contribution in [1.29, 1.82) is 0 Å². The summed E-state index contributed by atoms with van der Waals surface area (Å²) in [7, 11) is 0. The Bertz CT molecular complexity index is 879. The van der Waals surface area contributed by atoms with Gasteiger partial charge in [0.05, 0.1) is 18.6 Å². The van der Waals surface area contributed by atoms with Crippen molar-refractivity contribution in [3.05, 3.63) is 16.8 Å². The van der Waals surface area contributed by atoms with Gasteiger partial charge in [-0.25, -0.2) is 9.97 Å². The zero-order valence-electron chi connectivity index (χ0n) is 13.2. The first-order valence-corrected chi connectivity index (χ1v) is 9.09. The lowest BCUT2D eigenvalue weighted by molar-refractivity contribution is 0.122. The third-order valence-electron chi connectivity index (χ3n) is 4.95. The first kappa shape index (κ1) is 13.7. The fourth-order valence-electron chi connectivity index (χ4n) is 3.72. The molecule has 3 aromatic rings. The van der Waals surface area contributed by atoms with Crippen LogP contribution in [0.15, 0.2) is 6.33 Å². The molecule has 1 unspecified atom stereocenters. The van der Waals surface area contributed by atoms with Gasteiger partial charge in [-0.1, -0.05) is 6.92 Å². The lowest BCUT2D eigenvalue weighted by Gasteiger charge is -2.27. The van der Waals surface area contributed by atoms with Crippen LogP contribution in [0.25, 0.3) is 15.9 Å². The zero-order valence-corrected chi connectivity index (χ0v) is 14.0. The molecule has 5 rings (SSSR count). The van der Waals surface area contributed by atoms with Gasteiger partial charge in [-0.15, -0.1) is 11.3 Å². The molecule has 1 aliphatic heterocycles. The fraction of sp³-hybridized carbons (Fsp3) is 0.562. The molecular formula is C16H19N5OS. The second-order valence-corrected chi connectivity index (χ2v) is 7.62. The molecule has 0 aromatic carbocycles. The Morgan fingerprint density at radius 1 is 1.30 bits per heavy atom. The molecule has 4 heterocycles. The third kappa shape index (κ3) is 2.06. The van der Waals surface area contributed by atoms with Crippen molar-refractivity contribution >= 4 is 33.1 Å². The van der Waals surface area contributed by atoms with Crippen LogP contribution in [0.5, 0.6) is 0 Å². The molecule has 120 valence electrons. The molecule has 3 aromatic heterocycles. The van der Waals surface area contributed by atoms with Crippen molar-refractivity contribution in [2.75, 3.05) is 31.2 Å². The van der Waals surface area contributed by atoms with Crippen molar-refractivity contribution in [1.82, 2.24) is 19.6 Å². The largest absolute Gasteiger partial charge is 0.378 e. The highest BCUT2D eigenvalue weighted by Crippen LogP contribution is 2.39. The number of anilines is 1. The average Bonchev–Trinajstić information content (AvgIpc) is 3.18. The van der Waals surface area contributed by atoms with Gasteiger partial charge >= 0.3 is 0 Å². The van der Waals surface area contributed by atoms with Crippen molar-refractivity contribution in [2.24, 2.45) is 5.92 Å².